The smallest absolute Gasteiger partial charge is 0.251 e. The summed E-state index contributed by atoms with van der Waals surface area (Å²) in [6, 6.07) is 6.86. The zero-order valence-electron chi connectivity index (χ0n) is 11.5. The van der Waals surface area contributed by atoms with Crippen molar-refractivity contribution < 1.29 is 9.59 Å². The molecule has 1 aromatic carbocycles. The molecule has 1 aromatic rings. The fraction of sp³-hybridized carbons (Fsp3) is 0.429. The van der Waals surface area contributed by atoms with Gasteiger partial charge in [0, 0.05) is 30.8 Å². The number of carbonyl (C=O) groups excluding carboxylic acids is 2. The van der Waals surface area contributed by atoms with E-state index in [9.17, 15) is 9.59 Å². The van der Waals surface area contributed by atoms with Gasteiger partial charge in [0.15, 0.2) is 0 Å². The van der Waals surface area contributed by atoms with Gasteiger partial charge in [-0.3, -0.25) is 9.59 Å². The fourth-order valence-electron chi connectivity index (χ4n) is 1.57. The summed E-state index contributed by atoms with van der Waals surface area (Å²) >= 11 is 0. The lowest BCUT2D eigenvalue weighted by Crippen LogP contribution is -2.23. The molecule has 0 bridgehead atoms. The number of anilines is 1. The Labute approximate surface area is 113 Å². The Morgan fingerprint density at radius 2 is 1.74 bits per heavy atom. The first-order valence-corrected chi connectivity index (χ1v) is 6.56. The lowest BCUT2D eigenvalue weighted by molar-refractivity contribution is -0.116. The molecule has 0 aromatic heterocycles. The highest BCUT2D eigenvalue weighted by atomic mass is 16.2. The molecule has 104 valence electrons. The van der Waals surface area contributed by atoms with Crippen LogP contribution in [-0.4, -0.2) is 31.4 Å². The summed E-state index contributed by atoms with van der Waals surface area (Å²) < 4.78 is 0. The largest absolute Gasteiger partial charge is 0.352 e. The van der Waals surface area contributed by atoms with Crippen LogP contribution in [-0.2, 0) is 4.79 Å². The van der Waals surface area contributed by atoms with Crippen LogP contribution in [0.25, 0.3) is 0 Å². The van der Waals surface area contributed by atoms with Gasteiger partial charge >= 0.3 is 0 Å². The van der Waals surface area contributed by atoms with Crippen molar-refractivity contribution in [1.29, 1.82) is 0 Å². The highest BCUT2D eigenvalue weighted by molar-refractivity contribution is 5.95. The molecule has 0 aliphatic carbocycles. The van der Waals surface area contributed by atoms with Gasteiger partial charge in [0.25, 0.3) is 5.91 Å². The zero-order chi connectivity index (χ0) is 14.1. The topological polar surface area (TPSA) is 70.2 Å². The maximum absolute atomic E-state index is 11.6. The standard InChI is InChI=1S/C14H21N3O2/c1-3-15-10-9-13(18)17-12-7-5-11(6-8-12)14(19)16-4-2/h5-8,15H,3-4,9-10H2,1-2H3,(H,16,19)(H,17,18). The first kappa shape index (κ1) is 15.2. The Bertz CT molecular complexity index is 415. The van der Waals surface area contributed by atoms with Crippen molar-refractivity contribution in [2.75, 3.05) is 25.0 Å². The molecule has 3 N–H and O–H groups in total. The number of carbonyl (C=O) groups is 2. The maximum atomic E-state index is 11.6. The lowest BCUT2D eigenvalue weighted by atomic mass is 10.2. The van der Waals surface area contributed by atoms with Gasteiger partial charge < -0.3 is 16.0 Å². The van der Waals surface area contributed by atoms with Gasteiger partial charge in [-0.2, -0.15) is 0 Å². The van der Waals surface area contributed by atoms with Crippen LogP contribution in [0.5, 0.6) is 0 Å². The number of hydrogen-bond acceptors (Lipinski definition) is 3. The third-order valence-corrected chi connectivity index (χ3v) is 2.55. The van der Waals surface area contributed by atoms with E-state index in [0.29, 0.717) is 30.8 Å². The van der Waals surface area contributed by atoms with Crippen LogP contribution >= 0.6 is 0 Å². The van der Waals surface area contributed by atoms with E-state index in [4.69, 9.17) is 0 Å². The summed E-state index contributed by atoms with van der Waals surface area (Å²) in [6.45, 7) is 5.99. The highest BCUT2D eigenvalue weighted by Crippen LogP contribution is 2.09. The summed E-state index contributed by atoms with van der Waals surface area (Å²) in [5.74, 6) is -0.140. The SMILES string of the molecule is CCNCCC(=O)Nc1ccc(C(=O)NCC)cc1. The summed E-state index contributed by atoms with van der Waals surface area (Å²) in [6.07, 6.45) is 0.436. The first-order valence-electron chi connectivity index (χ1n) is 6.56. The van der Waals surface area contributed by atoms with Gasteiger partial charge in [0.1, 0.15) is 0 Å². The van der Waals surface area contributed by atoms with Gasteiger partial charge in [0.2, 0.25) is 5.91 Å². The molecule has 5 heteroatoms. The molecule has 0 unspecified atom stereocenters. The number of amides is 2. The van der Waals surface area contributed by atoms with Crippen LogP contribution in [0.3, 0.4) is 0 Å². The van der Waals surface area contributed by atoms with Crippen LogP contribution in [0, 0.1) is 0 Å². The van der Waals surface area contributed by atoms with E-state index in [2.05, 4.69) is 16.0 Å². The molecule has 0 spiro atoms. The van der Waals surface area contributed by atoms with Gasteiger partial charge in [-0.05, 0) is 37.7 Å². The van der Waals surface area contributed by atoms with E-state index in [1.807, 2.05) is 13.8 Å². The average molecular weight is 263 g/mol. The Balaban J connectivity index is 2.47. The molecule has 0 saturated heterocycles. The van der Waals surface area contributed by atoms with E-state index in [-0.39, 0.29) is 11.8 Å². The predicted molar refractivity (Wildman–Crippen MR) is 76.2 cm³/mol. The second-order valence-electron chi connectivity index (χ2n) is 4.09. The Hall–Kier alpha value is -1.88. The fourth-order valence-corrected chi connectivity index (χ4v) is 1.57. The van der Waals surface area contributed by atoms with Crippen LogP contribution in [0.2, 0.25) is 0 Å². The Kier molecular flexibility index (Phi) is 6.60. The quantitative estimate of drug-likeness (QED) is 0.651. The predicted octanol–water partition coefficient (Wildman–Crippen LogP) is 1.37. The Morgan fingerprint density at radius 1 is 1.05 bits per heavy atom. The van der Waals surface area contributed by atoms with Gasteiger partial charge in [0.05, 0.1) is 0 Å². The number of rotatable bonds is 7. The van der Waals surface area contributed by atoms with Gasteiger partial charge in [-0.25, -0.2) is 0 Å². The van der Waals surface area contributed by atoms with Crippen LogP contribution in [0.15, 0.2) is 24.3 Å². The minimum atomic E-state index is -0.104. The van der Waals surface area contributed by atoms with Crippen molar-refractivity contribution in [3.8, 4) is 0 Å². The van der Waals surface area contributed by atoms with Crippen LogP contribution < -0.4 is 16.0 Å². The molecule has 5 nitrogen and oxygen atoms in total. The van der Waals surface area contributed by atoms with E-state index < -0.39 is 0 Å². The summed E-state index contributed by atoms with van der Waals surface area (Å²) in [5.41, 5.74) is 1.29. The summed E-state index contributed by atoms with van der Waals surface area (Å²) in [4.78, 5) is 23.1. The summed E-state index contributed by atoms with van der Waals surface area (Å²) in [5, 5.41) is 8.60. The number of nitrogens with one attached hydrogen (secondary N) is 3. The zero-order valence-corrected chi connectivity index (χ0v) is 11.5. The molecule has 0 aliphatic heterocycles. The lowest BCUT2D eigenvalue weighted by Gasteiger charge is -2.07. The van der Waals surface area contributed by atoms with Crippen molar-refractivity contribution in [3.05, 3.63) is 29.8 Å². The van der Waals surface area contributed by atoms with E-state index in [0.717, 1.165) is 6.54 Å². The molecule has 1 rings (SSSR count). The number of hydrogen-bond donors (Lipinski definition) is 3. The molecule has 0 saturated carbocycles. The highest BCUT2D eigenvalue weighted by Gasteiger charge is 2.05. The summed E-state index contributed by atoms with van der Waals surface area (Å²) in [7, 11) is 0. The second-order valence-corrected chi connectivity index (χ2v) is 4.09. The third kappa shape index (κ3) is 5.52. The van der Waals surface area contributed by atoms with Crippen molar-refractivity contribution in [2.45, 2.75) is 20.3 Å². The first-order chi connectivity index (χ1) is 9.17. The minimum absolute atomic E-state index is 0.0355. The molecule has 0 aliphatic rings. The monoisotopic (exact) mass is 263 g/mol. The van der Waals surface area contributed by atoms with E-state index in [1.165, 1.54) is 0 Å². The maximum Gasteiger partial charge on any atom is 0.251 e. The third-order valence-electron chi connectivity index (χ3n) is 2.55. The normalized spacial score (nSPS) is 10.0. The average Bonchev–Trinajstić information content (AvgIpc) is 2.40. The number of benzene rings is 1. The van der Waals surface area contributed by atoms with E-state index in [1.54, 1.807) is 24.3 Å². The van der Waals surface area contributed by atoms with Gasteiger partial charge in [-0.1, -0.05) is 6.92 Å². The molecular weight excluding hydrogens is 242 g/mol. The molecule has 0 atom stereocenters. The van der Waals surface area contributed by atoms with Crippen molar-refractivity contribution >= 4 is 17.5 Å². The van der Waals surface area contributed by atoms with Crippen molar-refractivity contribution in [1.82, 2.24) is 10.6 Å². The second kappa shape index (κ2) is 8.26. The molecular formula is C14H21N3O2. The van der Waals surface area contributed by atoms with Crippen molar-refractivity contribution in [2.24, 2.45) is 0 Å². The van der Waals surface area contributed by atoms with Gasteiger partial charge in [-0.15, -0.1) is 0 Å². The molecule has 19 heavy (non-hydrogen) atoms. The van der Waals surface area contributed by atoms with Crippen LogP contribution in [0.1, 0.15) is 30.6 Å². The van der Waals surface area contributed by atoms with Crippen LogP contribution in [0.4, 0.5) is 5.69 Å². The minimum Gasteiger partial charge on any atom is -0.352 e. The van der Waals surface area contributed by atoms with E-state index >= 15 is 0 Å². The molecule has 0 heterocycles. The molecule has 2 amide bonds. The van der Waals surface area contributed by atoms with Crippen molar-refractivity contribution in [3.63, 3.8) is 0 Å². The molecule has 0 fully saturated rings. The molecule has 0 radical (unpaired) electrons. The Morgan fingerprint density at radius 3 is 2.32 bits per heavy atom.